The van der Waals surface area contributed by atoms with Crippen LogP contribution in [0.2, 0.25) is 10.0 Å². The van der Waals surface area contributed by atoms with Crippen molar-refractivity contribution >= 4 is 106 Å². The van der Waals surface area contributed by atoms with Crippen molar-refractivity contribution in [1.29, 1.82) is 0 Å². The fourth-order valence-electron chi connectivity index (χ4n) is 8.57. The van der Waals surface area contributed by atoms with Crippen molar-refractivity contribution in [3.63, 3.8) is 0 Å². The Balaban J connectivity index is 0.000000209. The van der Waals surface area contributed by atoms with Gasteiger partial charge in [0, 0.05) is 75.3 Å². The van der Waals surface area contributed by atoms with Crippen molar-refractivity contribution in [1.82, 2.24) is 19.8 Å². The number of benzene rings is 2. The Morgan fingerprint density at radius 2 is 1.09 bits per heavy atom. The zero-order valence-corrected chi connectivity index (χ0v) is 40.5. The van der Waals surface area contributed by atoms with Crippen LogP contribution in [0.5, 0.6) is 0 Å². The molecule has 0 atom stereocenters. The lowest BCUT2D eigenvalue weighted by Crippen LogP contribution is -2.37. The van der Waals surface area contributed by atoms with Crippen LogP contribution in [0.1, 0.15) is 91.7 Å². The zero-order chi connectivity index (χ0) is 45.1. The van der Waals surface area contributed by atoms with E-state index in [9.17, 15) is 29.8 Å². The number of nitro groups is 2. The van der Waals surface area contributed by atoms with Gasteiger partial charge in [-0.1, -0.05) is 41.8 Å². The van der Waals surface area contributed by atoms with Crippen LogP contribution in [0.4, 0.5) is 21.0 Å². The Hall–Kier alpha value is -4.42. The second-order valence-corrected chi connectivity index (χ2v) is 18.6. The van der Waals surface area contributed by atoms with Gasteiger partial charge in [0.25, 0.3) is 11.4 Å². The highest BCUT2D eigenvalue weighted by Gasteiger charge is 2.33. The molecule has 0 radical (unpaired) electrons. The average Bonchev–Trinajstić information content (AvgIpc) is 3.52. The first-order valence-electron chi connectivity index (χ1n) is 20.4. The normalized spacial score (nSPS) is 15.5. The lowest BCUT2D eigenvalue weighted by atomic mass is 9.88. The predicted molar refractivity (Wildman–Crippen MR) is 257 cm³/mol. The number of hydrogen-bond acceptors (Lipinski definition) is 10. The van der Waals surface area contributed by atoms with E-state index in [-0.39, 0.29) is 41.0 Å². The molecule has 4 aromatic rings. The molecular weight excluding hydrogens is 1060 g/mol. The third kappa shape index (κ3) is 10.3. The van der Waals surface area contributed by atoms with Gasteiger partial charge in [0.2, 0.25) is 0 Å². The maximum atomic E-state index is 12.1. The summed E-state index contributed by atoms with van der Waals surface area (Å²) in [6.07, 6.45) is 8.33. The lowest BCUT2D eigenvalue weighted by Gasteiger charge is -2.29. The Bertz CT molecular complexity index is 2590. The van der Waals surface area contributed by atoms with Gasteiger partial charge in [-0.05, 0) is 165 Å². The number of piperidine rings is 2. The van der Waals surface area contributed by atoms with E-state index in [1.807, 2.05) is 6.07 Å². The summed E-state index contributed by atoms with van der Waals surface area (Å²) in [5, 5.41) is 23.5. The summed E-state index contributed by atoms with van der Waals surface area (Å²) in [5.41, 5.74) is 11.2. The molecule has 0 N–H and O–H groups in total. The number of pyridine rings is 2. The van der Waals surface area contributed by atoms with E-state index < -0.39 is 9.85 Å². The van der Waals surface area contributed by atoms with Crippen LogP contribution in [0, 0.1) is 20.2 Å². The molecule has 2 saturated heterocycles. The number of ether oxygens (including phenoxy) is 2. The molecule has 2 fully saturated rings. The number of aromatic nitrogens is 2. The highest BCUT2D eigenvalue weighted by atomic mass is 79.9. The summed E-state index contributed by atoms with van der Waals surface area (Å²) in [7, 11) is 0. The summed E-state index contributed by atoms with van der Waals surface area (Å²) in [6, 6.07) is 8.97. The Morgan fingerprint density at radius 3 is 1.56 bits per heavy atom. The predicted octanol–water partition coefficient (Wildman–Crippen LogP) is 12.5. The number of hydrogen-bond donors (Lipinski definition) is 0. The number of aryl methyl sites for hydroxylation is 3. The van der Waals surface area contributed by atoms with E-state index in [0.717, 1.165) is 88.8 Å². The van der Waals surface area contributed by atoms with Gasteiger partial charge >= 0.3 is 12.2 Å². The standard InChI is InChI=1S/C22H20Br2ClN3O4.C22H21BrClN3O4.CH4/c1-2-32-22(29)27-7-5-12(6-8-27)18-16-10-17(28(30)31)20(25)19(24)15(16)4-3-13-9-14(23)11-26-21(13)18;1-2-31-22(28)26-7-5-13(6-8-26)20-17-11-19(27(29)30)18(24)10-14(17)3-4-15-9-16(23)12-25-21(15)20;/h9-11H,2-8H2,1H3;9-12H,2-8H2,1H3;1H4. The van der Waals surface area contributed by atoms with Crippen LogP contribution in [-0.4, -0.2) is 81.2 Å². The Kier molecular flexibility index (Phi) is 16.3. The number of fused-ring (bicyclic) bond motifs is 4. The fraction of sp³-hybridized carbons (Fsp3) is 0.378. The molecule has 14 nitrogen and oxygen atoms in total. The number of carbonyl (C=O) groups excluding carboxylic acids is 2. The fourth-order valence-corrected chi connectivity index (χ4v) is 10.4. The summed E-state index contributed by atoms with van der Waals surface area (Å²) < 4.78 is 12.6. The van der Waals surface area contributed by atoms with Gasteiger partial charge in [0.05, 0.1) is 34.4 Å². The second-order valence-electron chi connectivity index (χ2n) is 15.2. The number of likely N-dealkylation sites (tertiary alicyclic amines) is 2. The number of rotatable bonds is 4. The minimum atomic E-state index is -0.458. The molecule has 2 aromatic carbocycles. The monoisotopic (exact) mass is 1100 g/mol. The molecule has 4 heterocycles. The van der Waals surface area contributed by atoms with Crippen LogP contribution in [0.25, 0.3) is 11.1 Å². The van der Waals surface area contributed by atoms with Gasteiger partial charge in [-0.3, -0.25) is 30.2 Å². The first-order chi connectivity index (χ1) is 30.2. The topological polar surface area (TPSA) is 171 Å². The quantitative estimate of drug-likeness (QED) is 0.141. The van der Waals surface area contributed by atoms with Crippen LogP contribution < -0.4 is 0 Å². The maximum Gasteiger partial charge on any atom is 0.409 e. The first kappa shape index (κ1) is 49.0. The minimum Gasteiger partial charge on any atom is -0.450 e. The molecule has 2 aromatic heterocycles. The molecule has 0 spiro atoms. The first-order valence-corrected chi connectivity index (χ1v) is 23.5. The van der Waals surface area contributed by atoms with Crippen molar-refractivity contribution < 1.29 is 28.9 Å². The number of nitrogens with zero attached hydrogens (tertiary/aromatic N) is 6. The van der Waals surface area contributed by atoms with Crippen molar-refractivity contribution in [2.45, 2.75) is 72.6 Å². The van der Waals surface area contributed by atoms with Crippen molar-refractivity contribution in [3.05, 3.63) is 142 Å². The molecule has 8 rings (SSSR count). The molecule has 64 heavy (non-hydrogen) atoms. The van der Waals surface area contributed by atoms with Gasteiger partial charge in [0.1, 0.15) is 10.0 Å². The maximum absolute atomic E-state index is 12.1. The minimum absolute atomic E-state index is 0. The van der Waals surface area contributed by atoms with E-state index in [1.54, 1.807) is 54.2 Å². The molecule has 2 amide bonds. The number of carbonyl (C=O) groups is 2. The van der Waals surface area contributed by atoms with Crippen LogP contribution in [0.15, 0.2) is 67.3 Å². The lowest BCUT2D eigenvalue weighted by molar-refractivity contribution is -0.384. The van der Waals surface area contributed by atoms with Gasteiger partial charge in [-0.15, -0.1) is 0 Å². The Labute approximate surface area is 406 Å². The van der Waals surface area contributed by atoms with Gasteiger partial charge < -0.3 is 19.3 Å². The molecule has 4 aliphatic rings. The molecular formula is C45H45Br3Cl2N6O8. The van der Waals surface area contributed by atoms with Crippen LogP contribution in [0.3, 0.4) is 0 Å². The summed E-state index contributed by atoms with van der Waals surface area (Å²) in [4.78, 5) is 59.4. The van der Waals surface area contributed by atoms with Gasteiger partial charge in [-0.2, -0.15) is 0 Å². The van der Waals surface area contributed by atoms with E-state index in [2.05, 4.69) is 53.9 Å². The largest absolute Gasteiger partial charge is 0.450 e. The molecule has 0 saturated carbocycles. The number of nitro benzene ring substituents is 2. The van der Waals surface area contributed by atoms with E-state index >= 15 is 0 Å². The summed E-state index contributed by atoms with van der Waals surface area (Å²) in [6.45, 7) is 6.37. The third-order valence-electron chi connectivity index (χ3n) is 11.5. The number of amides is 2. The van der Waals surface area contributed by atoms with Crippen molar-refractivity contribution in [2.24, 2.45) is 0 Å². The van der Waals surface area contributed by atoms with Gasteiger partial charge in [-0.25, -0.2) is 9.59 Å². The highest BCUT2D eigenvalue weighted by Crippen LogP contribution is 2.46. The molecule has 2 aliphatic heterocycles. The summed E-state index contributed by atoms with van der Waals surface area (Å²) in [5.74, 6) is 0. The zero-order valence-electron chi connectivity index (χ0n) is 34.3. The second kappa shape index (κ2) is 21.3. The molecule has 0 bridgehead atoms. The molecule has 19 heteroatoms. The molecule has 0 unspecified atom stereocenters. The van der Waals surface area contributed by atoms with Crippen LogP contribution >= 0.6 is 71.0 Å². The third-order valence-corrected chi connectivity index (χ3v) is 14.2. The van der Waals surface area contributed by atoms with Gasteiger partial charge in [0.15, 0.2) is 0 Å². The van der Waals surface area contributed by atoms with Crippen LogP contribution in [-0.2, 0) is 35.2 Å². The SMILES string of the molecule is C.CCOC(=O)N1CCC(=C2c3cc([N+](=O)[O-])c(Cl)c(Br)c3CCc3cc(Br)cnc32)CC1.CCOC(=O)N1CCC(=C2c3cc([N+](=O)[O-])c(Cl)cc3CCc3cc(Br)cnc32)CC1. The van der Waals surface area contributed by atoms with E-state index in [0.29, 0.717) is 82.4 Å². The molecule has 338 valence electrons. The smallest absolute Gasteiger partial charge is 0.409 e. The van der Waals surface area contributed by atoms with Crippen molar-refractivity contribution in [3.8, 4) is 0 Å². The van der Waals surface area contributed by atoms with Crippen molar-refractivity contribution in [2.75, 3.05) is 39.4 Å². The Morgan fingerprint density at radius 1 is 0.656 bits per heavy atom. The summed E-state index contributed by atoms with van der Waals surface area (Å²) >= 11 is 23.1. The average molecular weight is 1110 g/mol. The highest BCUT2D eigenvalue weighted by molar-refractivity contribution is 9.11. The van der Waals surface area contributed by atoms with E-state index in [4.69, 9.17) is 42.6 Å². The van der Waals surface area contributed by atoms with E-state index in [1.165, 1.54) is 0 Å². The number of halogens is 5. The molecule has 2 aliphatic carbocycles.